The van der Waals surface area contributed by atoms with Crippen LogP contribution in [0.5, 0.6) is 0 Å². The molecule has 6 heteroatoms. The van der Waals surface area contributed by atoms with Gasteiger partial charge in [0.25, 0.3) is 0 Å². The van der Waals surface area contributed by atoms with Gasteiger partial charge in [0, 0.05) is 14.2 Å². The Bertz CT molecular complexity index is 241. The quantitative estimate of drug-likeness (QED) is 0.518. The van der Waals surface area contributed by atoms with Crippen LogP contribution in [0.25, 0.3) is 4.98 Å². The Morgan fingerprint density at radius 2 is 1.93 bits per heavy atom. The Kier molecular flexibility index (Phi) is 6.42. The second-order valence-electron chi connectivity index (χ2n) is 3.09. The molecular formula is C9H17N2O4+. The van der Waals surface area contributed by atoms with Crippen molar-refractivity contribution in [2.75, 3.05) is 27.4 Å². The molecule has 0 aromatic carbocycles. The fourth-order valence-electron chi connectivity index (χ4n) is 1.20. The largest absolute Gasteiger partial charge is 0.476 e. The molecule has 0 radical (unpaired) electrons. The topological polar surface area (TPSA) is 76.1 Å². The first-order chi connectivity index (χ1) is 7.14. The van der Waals surface area contributed by atoms with Gasteiger partial charge < -0.3 is 19.3 Å². The van der Waals surface area contributed by atoms with Crippen molar-refractivity contribution in [1.82, 2.24) is 0 Å². The first kappa shape index (κ1) is 13.7. The SMILES string of the molecule is CCC(COC)(COC)O/C(O)=C\[N+]#N. The van der Waals surface area contributed by atoms with Gasteiger partial charge in [-0.15, -0.1) is 0 Å². The molecule has 0 aliphatic carbocycles. The smallest absolute Gasteiger partial charge is 0.429 e. The van der Waals surface area contributed by atoms with E-state index >= 15 is 0 Å². The van der Waals surface area contributed by atoms with E-state index in [9.17, 15) is 5.11 Å². The highest BCUT2D eigenvalue weighted by molar-refractivity contribution is 4.92. The van der Waals surface area contributed by atoms with Crippen molar-refractivity contribution in [2.24, 2.45) is 0 Å². The molecule has 0 heterocycles. The lowest BCUT2D eigenvalue weighted by Gasteiger charge is -2.30. The van der Waals surface area contributed by atoms with Gasteiger partial charge in [0.2, 0.25) is 5.39 Å². The molecule has 0 amide bonds. The van der Waals surface area contributed by atoms with Crippen LogP contribution in [0, 0.1) is 5.39 Å². The lowest BCUT2D eigenvalue weighted by Crippen LogP contribution is -2.41. The van der Waals surface area contributed by atoms with Crippen LogP contribution in [0.1, 0.15) is 13.3 Å². The van der Waals surface area contributed by atoms with Gasteiger partial charge in [-0.05, 0) is 6.42 Å². The zero-order valence-corrected chi connectivity index (χ0v) is 9.27. The van der Waals surface area contributed by atoms with Gasteiger partial charge in [-0.1, -0.05) is 6.92 Å². The molecule has 0 aliphatic heterocycles. The summed E-state index contributed by atoms with van der Waals surface area (Å²) in [6.07, 6.45) is 1.38. The lowest BCUT2D eigenvalue weighted by atomic mass is 10.0. The second kappa shape index (κ2) is 7.04. The number of hydrogen-bond acceptors (Lipinski definition) is 5. The molecule has 15 heavy (non-hydrogen) atoms. The van der Waals surface area contributed by atoms with E-state index in [2.05, 4.69) is 4.98 Å². The summed E-state index contributed by atoms with van der Waals surface area (Å²) in [5, 5.41) is 17.5. The molecule has 0 fully saturated rings. The summed E-state index contributed by atoms with van der Waals surface area (Å²) in [5.41, 5.74) is -0.769. The maximum Gasteiger partial charge on any atom is 0.429 e. The minimum atomic E-state index is -0.769. The van der Waals surface area contributed by atoms with Crippen molar-refractivity contribution in [3.63, 3.8) is 0 Å². The number of nitrogens with zero attached hydrogens (tertiary/aromatic N) is 2. The average Bonchev–Trinajstić information content (AvgIpc) is 2.18. The molecule has 6 nitrogen and oxygen atoms in total. The van der Waals surface area contributed by atoms with Crippen LogP contribution < -0.4 is 0 Å². The monoisotopic (exact) mass is 217 g/mol. The molecule has 0 rings (SSSR count). The van der Waals surface area contributed by atoms with E-state index in [4.69, 9.17) is 19.6 Å². The third-order valence-corrected chi connectivity index (χ3v) is 1.95. The number of aliphatic hydroxyl groups is 1. The van der Waals surface area contributed by atoms with Gasteiger partial charge in [-0.2, -0.15) is 0 Å². The number of rotatable bonds is 7. The summed E-state index contributed by atoms with van der Waals surface area (Å²) < 4.78 is 15.2. The predicted octanol–water partition coefficient (Wildman–Crippen LogP) is 1.65. The standard InChI is InChI=1S/C9H16N2O4/c1-4-9(6-13-2,7-14-3)15-8(12)5-11-10/h5H,4,6-7H2,1-3H3/p+1/b8-5-. The van der Waals surface area contributed by atoms with E-state index in [-0.39, 0.29) is 13.2 Å². The van der Waals surface area contributed by atoms with Crippen molar-refractivity contribution in [3.8, 4) is 0 Å². The molecule has 0 atom stereocenters. The minimum absolute atomic E-state index is 0.265. The summed E-state index contributed by atoms with van der Waals surface area (Å²) in [6, 6.07) is 0. The first-order valence-electron chi connectivity index (χ1n) is 4.54. The highest BCUT2D eigenvalue weighted by Gasteiger charge is 2.32. The Morgan fingerprint density at radius 3 is 2.27 bits per heavy atom. The van der Waals surface area contributed by atoms with E-state index < -0.39 is 11.5 Å². The molecule has 0 unspecified atom stereocenters. The number of diazo groups is 1. The Hall–Kier alpha value is -1.32. The Labute approximate surface area is 89.1 Å². The molecular weight excluding hydrogens is 200 g/mol. The molecule has 86 valence electrons. The van der Waals surface area contributed by atoms with Gasteiger partial charge in [-0.3, -0.25) is 0 Å². The fourth-order valence-corrected chi connectivity index (χ4v) is 1.20. The summed E-state index contributed by atoms with van der Waals surface area (Å²) in [5.74, 6) is -0.478. The third-order valence-electron chi connectivity index (χ3n) is 1.95. The molecule has 0 saturated carbocycles. The fraction of sp³-hybridized carbons (Fsp3) is 0.778. The van der Waals surface area contributed by atoms with Crippen molar-refractivity contribution < 1.29 is 19.3 Å². The Morgan fingerprint density at radius 1 is 1.40 bits per heavy atom. The lowest BCUT2D eigenvalue weighted by molar-refractivity contribution is -0.125. The highest BCUT2D eigenvalue weighted by atomic mass is 16.6. The Balaban J connectivity index is 4.60. The summed E-state index contributed by atoms with van der Waals surface area (Å²) in [4.78, 5) is 2.66. The maximum atomic E-state index is 9.24. The van der Waals surface area contributed by atoms with Crippen molar-refractivity contribution in [3.05, 3.63) is 17.1 Å². The van der Waals surface area contributed by atoms with Gasteiger partial charge >= 0.3 is 12.1 Å². The normalized spacial score (nSPS) is 12.3. The summed E-state index contributed by atoms with van der Waals surface area (Å²) in [7, 11) is 3.06. The van der Waals surface area contributed by atoms with Gasteiger partial charge in [0.15, 0.2) is 10.6 Å². The number of ether oxygens (including phenoxy) is 3. The van der Waals surface area contributed by atoms with Gasteiger partial charge in [0.1, 0.15) is 0 Å². The third kappa shape index (κ3) is 4.63. The van der Waals surface area contributed by atoms with Crippen LogP contribution in [-0.4, -0.2) is 38.1 Å². The minimum Gasteiger partial charge on any atom is -0.476 e. The number of hydrogen-bond donors (Lipinski definition) is 1. The van der Waals surface area contributed by atoms with Crippen molar-refractivity contribution >= 4 is 0 Å². The average molecular weight is 217 g/mol. The van der Waals surface area contributed by atoms with E-state index in [0.717, 1.165) is 6.20 Å². The number of aliphatic hydroxyl groups excluding tert-OH is 1. The molecule has 0 bridgehead atoms. The summed E-state index contributed by atoms with van der Waals surface area (Å²) in [6.45, 7) is 2.41. The van der Waals surface area contributed by atoms with Gasteiger partial charge in [0.05, 0.1) is 13.2 Å². The zero-order valence-electron chi connectivity index (χ0n) is 9.27. The van der Waals surface area contributed by atoms with Crippen LogP contribution in [0.3, 0.4) is 0 Å². The molecule has 0 spiro atoms. The van der Waals surface area contributed by atoms with Crippen LogP contribution in [0.15, 0.2) is 12.1 Å². The van der Waals surface area contributed by atoms with E-state index in [1.807, 2.05) is 6.92 Å². The van der Waals surface area contributed by atoms with Crippen LogP contribution in [0.4, 0.5) is 0 Å². The molecule has 0 saturated heterocycles. The van der Waals surface area contributed by atoms with E-state index in [1.165, 1.54) is 14.2 Å². The molecule has 0 aliphatic rings. The van der Waals surface area contributed by atoms with Crippen molar-refractivity contribution in [1.29, 1.82) is 5.39 Å². The summed E-state index contributed by atoms with van der Waals surface area (Å²) >= 11 is 0. The van der Waals surface area contributed by atoms with E-state index in [0.29, 0.717) is 6.42 Å². The second-order valence-corrected chi connectivity index (χ2v) is 3.09. The van der Waals surface area contributed by atoms with Crippen LogP contribution in [0.2, 0.25) is 0 Å². The van der Waals surface area contributed by atoms with Gasteiger partial charge in [-0.25, -0.2) is 0 Å². The van der Waals surface area contributed by atoms with E-state index in [1.54, 1.807) is 0 Å². The number of methoxy groups -OCH3 is 2. The maximum absolute atomic E-state index is 9.24. The molecule has 0 aromatic heterocycles. The van der Waals surface area contributed by atoms with Crippen molar-refractivity contribution in [2.45, 2.75) is 18.9 Å². The zero-order chi connectivity index (χ0) is 11.7. The molecule has 1 N–H and O–H groups in total. The molecule has 0 aromatic rings. The first-order valence-corrected chi connectivity index (χ1v) is 4.54. The predicted molar refractivity (Wildman–Crippen MR) is 53.7 cm³/mol. The van der Waals surface area contributed by atoms with Crippen LogP contribution >= 0.6 is 0 Å². The van der Waals surface area contributed by atoms with Crippen LogP contribution in [-0.2, 0) is 14.2 Å². The highest BCUT2D eigenvalue weighted by Crippen LogP contribution is 2.20.